The first-order valence-corrected chi connectivity index (χ1v) is 5.01. The lowest BCUT2D eigenvalue weighted by Crippen LogP contribution is -2.16. The third kappa shape index (κ3) is 2.77. The largest absolute Gasteiger partial charge is 0.369 e. The fourth-order valence-corrected chi connectivity index (χ4v) is 1.34. The van der Waals surface area contributed by atoms with Gasteiger partial charge >= 0.3 is 0 Å². The molecule has 0 saturated heterocycles. The molecule has 88 valence electrons. The number of amides is 1. The predicted molar refractivity (Wildman–Crippen MR) is 59.2 cm³/mol. The molecule has 0 radical (unpaired) electrons. The van der Waals surface area contributed by atoms with Crippen LogP contribution in [0.1, 0.15) is 16.2 Å². The van der Waals surface area contributed by atoms with Crippen LogP contribution in [-0.2, 0) is 6.42 Å². The van der Waals surface area contributed by atoms with Gasteiger partial charge in [-0.3, -0.25) is 4.79 Å². The zero-order valence-corrected chi connectivity index (χ0v) is 8.96. The second-order valence-electron chi connectivity index (χ2n) is 3.28. The van der Waals surface area contributed by atoms with Gasteiger partial charge < -0.3 is 15.6 Å². The van der Waals surface area contributed by atoms with Gasteiger partial charge in [0.2, 0.25) is 5.89 Å². The van der Waals surface area contributed by atoms with E-state index in [4.69, 9.17) is 10.3 Å². The fraction of sp³-hybridized carbons (Fsp3) is 0.200. The van der Waals surface area contributed by atoms with E-state index in [1.165, 1.54) is 6.33 Å². The first-order valence-electron chi connectivity index (χ1n) is 5.01. The van der Waals surface area contributed by atoms with Crippen molar-refractivity contribution < 1.29 is 9.32 Å². The van der Waals surface area contributed by atoms with Crippen molar-refractivity contribution in [3.63, 3.8) is 0 Å². The second kappa shape index (κ2) is 5.06. The van der Waals surface area contributed by atoms with E-state index in [9.17, 15) is 4.79 Å². The Kier molecular flexibility index (Phi) is 3.29. The van der Waals surface area contributed by atoms with Gasteiger partial charge in [-0.05, 0) is 12.1 Å². The number of carbonyl (C=O) groups excluding carboxylic acids is 1. The first kappa shape index (κ1) is 11.1. The van der Waals surface area contributed by atoms with Crippen molar-refractivity contribution in [1.29, 1.82) is 0 Å². The van der Waals surface area contributed by atoms with E-state index >= 15 is 0 Å². The van der Waals surface area contributed by atoms with Crippen LogP contribution in [-0.4, -0.2) is 27.6 Å². The number of aromatic nitrogens is 3. The summed E-state index contributed by atoms with van der Waals surface area (Å²) in [5.41, 5.74) is 5.58. The Labute approximate surface area is 97.0 Å². The molecule has 0 bridgehead atoms. The summed E-state index contributed by atoms with van der Waals surface area (Å²) in [6, 6.07) is 3.27. The highest BCUT2D eigenvalue weighted by Gasteiger charge is 2.08. The molecule has 17 heavy (non-hydrogen) atoms. The van der Waals surface area contributed by atoms with E-state index in [-0.39, 0.29) is 0 Å². The van der Waals surface area contributed by atoms with Crippen LogP contribution in [0.3, 0.4) is 0 Å². The topological polar surface area (TPSA) is 107 Å². The number of pyridine rings is 1. The monoisotopic (exact) mass is 233 g/mol. The van der Waals surface area contributed by atoms with Gasteiger partial charge in [-0.1, -0.05) is 5.16 Å². The maximum Gasteiger partial charge on any atom is 0.252 e. The Morgan fingerprint density at radius 3 is 3.06 bits per heavy atom. The van der Waals surface area contributed by atoms with Crippen molar-refractivity contribution in [2.75, 3.05) is 11.9 Å². The molecule has 0 aromatic carbocycles. The number of primary amides is 1. The molecule has 0 spiro atoms. The summed E-state index contributed by atoms with van der Waals surface area (Å²) in [5, 5.41) is 6.48. The molecule has 0 unspecified atom stereocenters. The highest BCUT2D eigenvalue weighted by atomic mass is 16.5. The number of anilines is 1. The summed E-state index contributed by atoms with van der Waals surface area (Å²) < 4.78 is 4.84. The van der Waals surface area contributed by atoms with Crippen molar-refractivity contribution in [2.45, 2.75) is 6.42 Å². The zero-order chi connectivity index (χ0) is 12.1. The van der Waals surface area contributed by atoms with Crippen molar-refractivity contribution >= 4 is 11.7 Å². The average Bonchev–Trinajstić information content (AvgIpc) is 2.82. The quantitative estimate of drug-likeness (QED) is 0.764. The summed E-state index contributed by atoms with van der Waals surface area (Å²) in [4.78, 5) is 19.0. The molecule has 7 heteroatoms. The Hall–Kier alpha value is -2.44. The van der Waals surface area contributed by atoms with E-state index < -0.39 is 5.91 Å². The van der Waals surface area contributed by atoms with E-state index in [1.54, 1.807) is 18.3 Å². The van der Waals surface area contributed by atoms with E-state index in [1.807, 2.05) is 0 Å². The number of nitrogens with two attached hydrogens (primary N) is 1. The Morgan fingerprint density at radius 2 is 2.35 bits per heavy atom. The zero-order valence-electron chi connectivity index (χ0n) is 8.96. The predicted octanol–water partition coefficient (Wildman–Crippen LogP) is 0.218. The molecule has 0 atom stereocenters. The van der Waals surface area contributed by atoms with Gasteiger partial charge in [0.15, 0.2) is 6.33 Å². The molecule has 0 aliphatic heterocycles. The van der Waals surface area contributed by atoms with Gasteiger partial charge in [0.25, 0.3) is 5.91 Å². The van der Waals surface area contributed by atoms with Crippen LogP contribution in [0, 0.1) is 0 Å². The van der Waals surface area contributed by atoms with Crippen molar-refractivity contribution in [2.24, 2.45) is 5.73 Å². The average molecular weight is 233 g/mol. The summed E-state index contributed by atoms with van der Waals surface area (Å²) in [6.45, 7) is 0.527. The minimum atomic E-state index is -0.515. The third-order valence-electron chi connectivity index (χ3n) is 2.11. The smallest absolute Gasteiger partial charge is 0.252 e. The van der Waals surface area contributed by atoms with Crippen molar-refractivity contribution in [3.8, 4) is 0 Å². The maximum absolute atomic E-state index is 11.1. The summed E-state index contributed by atoms with van der Waals surface area (Å²) in [5.74, 6) is 0.465. The Bertz CT molecular complexity index is 497. The number of nitrogens with zero attached hydrogens (tertiary/aromatic N) is 3. The van der Waals surface area contributed by atoms with E-state index in [0.29, 0.717) is 30.2 Å². The summed E-state index contributed by atoms with van der Waals surface area (Å²) in [7, 11) is 0. The van der Waals surface area contributed by atoms with Crippen LogP contribution < -0.4 is 11.1 Å². The Morgan fingerprint density at radius 1 is 1.47 bits per heavy atom. The van der Waals surface area contributed by atoms with Gasteiger partial charge in [-0.25, -0.2) is 4.98 Å². The minimum Gasteiger partial charge on any atom is -0.369 e. The van der Waals surface area contributed by atoms with Gasteiger partial charge in [-0.2, -0.15) is 4.98 Å². The van der Waals surface area contributed by atoms with Crippen LogP contribution in [0.25, 0.3) is 0 Å². The lowest BCUT2D eigenvalue weighted by molar-refractivity contribution is 0.100. The van der Waals surface area contributed by atoms with Gasteiger partial charge in [0.1, 0.15) is 5.82 Å². The molecule has 3 N–H and O–H groups in total. The molecule has 0 aliphatic rings. The molecular weight excluding hydrogens is 222 g/mol. The molecule has 0 fully saturated rings. The van der Waals surface area contributed by atoms with Crippen LogP contribution in [0.5, 0.6) is 0 Å². The third-order valence-corrected chi connectivity index (χ3v) is 2.11. The Balaban J connectivity index is 1.97. The molecule has 0 aliphatic carbocycles. The van der Waals surface area contributed by atoms with E-state index in [2.05, 4.69) is 20.4 Å². The molecule has 2 aromatic rings. The number of hydrogen-bond acceptors (Lipinski definition) is 6. The minimum absolute atomic E-state index is 0.359. The summed E-state index contributed by atoms with van der Waals surface area (Å²) in [6.07, 6.45) is 3.47. The molecule has 7 nitrogen and oxygen atoms in total. The van der Waals surface area contributed by atoms with Crippen LogP contribution in [0.4, 0.5) is 5.82 Å². The fourth-order valence-electron chi connectivity index (χ4n) is 1.34. The van der Waals surface area contributed by atoms with Crippen LogP contribution in [0.15, 0.2) is 29.2 Å². The summed E-state index contributed by atoms with van der Waals surface area (Å²) >= 11 is 0. The number of rotatable bonds is 5. The second-order valence-corrected chi connectivity index (χ2v) is 3.28. The molecule has 2 heterocycles. The van der Waals surface area contributed by atoms with Gasteiger partial charge in [0.05, 0.1) is 5.56 Å². The number of hydrogen-bond donors (Lipinski definition) is 2. The number of carbonyl (C=O) groups is 1. The van der Waals surface area contributed by atoms with Crippen LogP contribution in [0.2, 0.25) is 0 Å². The molecule has 1 amide bonds. The standard InChI is InChI=1S/C10H11N5O2/c11-9(16)7-2-1-4-12-10(7)13-5-3-8-14-6-15-17-8/h1-2,4,6H,3,5H2,(H2,11,16)(H,12,13). The molecule has 2 aromatic heterocycles. The van der Waals surface area contributed by atoms with Crippen molar-refractivity contribution in [3.05, 3.63) is 36.1 Å². The van der Waals surface area contributed by atoms with Gasteiger partial charge in [0, 0.05) is 19.2 Å². The normalized spacial score (nSPS) is 10.1. The molecule has 0 saturated carbocycles. The highest BCUT2D eigenvalue weighted by molar-refractivity contribution is 5.97. The molecule has 2 rings (SSSR count). The number of nitrogens with one attached hydrogen (secondary N) is 1. The SMILES string of the molecule is NC(=O)c1cccnc1NCCc1ncno1. The van der Waals surface area contributed by atoms with E-state index in [0.717, 1.165) is 0 Å². The van der Waals surface area contributed by atoms with Gasteiger partial charge in [-0.15, -0.1) is 0 Å². The lowest BCUT2D eigenvalue weighted by atomic mass is 10.2. The highest BCUT2D eigenvalue weighted by Crippen LogP contribution is 2.10. The first-order chi connectivity index (χ1) is 8.27. The van der Waals surface area contributed by atoms with Crippen molar-refractivity contribution in [1.82, 2.24) is 15.1 Å². The molecular formula is C10H11N5O2. The maximum atomic E-state index is 11.1. The van der Waals surface area contributed by atoms with Crippen LogP contribution >= 0.6 is 0 Å². The lowest BCUT2D eigenvalue weighted by Gasteiger charge is -2.06.